The molecule has 2 N–H and O–H groups in total. The second-order valence-corrected chi connectivity index (χ2v) is 5.46. The molecule has 0 heterocycles. The van der Waals surface area contributed by atoms with Crippen LogP contribution < -0.4 is 5.32 Å². The third kappa shape index (κ3) is 6.86. The third-order valence-corrected chi connectivity index (χ3v) is 3.68. The lowest BCUT2D eigenvalue weighted by atomic mass is 10.1. The first-order valence-corrected chi connectivity index (χ1v) is 7.25. The fraction of sp³-hybridized carbons (Fsp3) is 0.429. The Hall–Kier alpha value is -1.49. The number of carboxylic acid groups (broad SMARTS) is 1. The molecule has 1 unspecified atom stereocenters. The lowest BCUT2D eigenvalue weighted by molar-refractivity contribution is -0.141. The van der Waals surface area contributed by atoms with Gasteiger partial charge in [-0.2, -0.15) is 0 Å². The number of thioether (sulfide) groups is 1. The number of hydrogen-bond acceptors (Lipinski definition) is 3. The SMILES string of the molecule is CC(CCNC(=O)CCSc1ccccc1)C(=O)O. The first kappa shape index (κ1) is 15.6. The van der Waals surface area contributed by atoms with Crippen LogP contribution in [0.1, 0.15) is 19.8 Å². The summed E-state index contributed by atoms with van der Waals surface area (Å²) < 4.78 is 0. The summed E-state index contributed by atoms with van der Waals surface area (Å²) in [4.78, 5) is 23.2. The van der Waals surface area contributed by atoms with Gasteiger partial charge in [0.15, 0.2) is 0 Å². The van der Waals surface area contributed by atoms with Crippen LogP contribution in [-0.2, 0) is 9.59 Å². The highest BCUT2D eigenvalue weighted by Crippen LogP contribution is 2.17. The Bertz CT molecular complexity index is 408. The molecule has 0 saturated carbocycles. The molecule has 1 aromatic carbocycles. The van der Waals surface area contributed by atoms with E-state index in [4.69, 9.17) is 5.11 Å². The van der Waals surface area contributed by atoms with Crippen molar-refractivity contribution in [1.29, 1.82) is 0 Å². The van der Waals surface area contributed by atoms with Gasteiger partial charge in [0.05, 0.1) is 5.92 Å². The Morgan fingerprint density at radius 3 is 2.63 bits per heavy atom. The van der Waals surface area contributed by atoms with Crippen molar-refractivity contribution in [3.8, 4) is 0 Å². The van der Waals surface area contributed by atoms with E-state index in [0.717, 1.165) is 10.6 Å². The van der Waals surface area contributed by atoms with Gasteiger partial charge in [-0.1, -0.05) is 25.1 Å². The van der Waals surface area contributed by atoms with Gasteiger partial charge in [-0.15, -0.1) is 11.8 Å². The molecular formula is C14H19NO3S. The highest BCUT2D eigenvalue weighted by molar-refractivity contribution is 7.99. The average molecular weight is 281 g/mol. The molecule has 0 aromatic heterocycles. The van der Waals surface area contributed by atoms with Crippen molar-refractivity contribution in [2.24, 2.45) is 5.92 Å². The summed E-state index contributed by atoms with van der Waals surface area (Å²) >= 11 is 1.64. The topological polar surface area (TPSA) is 66.4 Å². The first-order valence-electron chi connectivity index (χ1n) is 6.27. The highest BCUT2D eigenvalue weighted by Gasteiger charge is 2.10. The minimum Gasteiger partial charge on any atom is -0.481 e. The number of amides is 1. The maximum atomic E-state index is 11.5. The van der Waals surface area contributed by atoms with Gasteiger partial charge in [0.2, 0.25) is 5.91 Å². The minimum absolute atomic E-state index is 0.0268. The standard InChI is InChI=1S/C14H19NO3S/c1-11(14(17)18)7-9-15-13(16)8-10-19-12-5-3-2-4-6-12/h2-6,11H,7-10H2,1H3,(H,15,16)(H,17,18). The molecule has 5 heteroatoms. The summed E-state index contributed by atoms with van der Waals surface area (Å²) in [6, 6.07) is 9.92. The molecule has 0 spiro atoms. The van der Waals surface area contributed by atoms with E-state index in [1.807, 2.05) is 30.3 Å². The van der Waals surface area contributed by atoms with Crippen LogP contribution in [0.15, 0.2) is 35.2 Å². The van der Waals surface area contributed by atoms with Gasteiger partial charge in [0, 0.05) is 23.6 Å². The number of carbonyl (C=O) groups excluding carboxylic acids is 1. The summed E-state index contributed by atoms with van der Waals surface area (Å²) in [5, 5.41) is 11.4. The number of benzene rings is 1. The molecule has 19 heavy (non-hydrogen) atoms. The zero-order valence-electron chi connectivity index (χ0n) is 11.0. The summed E-state index contributed by atoms with van der Waals surface area (Å²) in [6.07, 6.45) is 0.911. The van der Waals surface area contributed by atoms with E-state index in [-0.39, 0.29) is 5.91 Å². The summed E-state index contributed by atoms with van der Waals surface area (Å²) in [5.74, 6) is -0.543. The number of aliphatic carboxylic acids is 1. The molecule has 0 fully saturated rings. The molecule has 4 nitrogen and oxygen atoms in total. The molecule has 1 atom stereocenters. The van der Waals surface area contributed by atoms with Gasteiger partial charge >= 0.3 is 5.97 Å². The predicted molar refractivity (Wildman–Crippen MR) is 76.2 cm³/mol. The fourth-order valence-electron chi connectivity index (χ4n) is 1.42. The number of carbonyl (C=O) groups is 2. The maximum Gasteiger partial charge on any atom is 0.306 e. The molecule has 0 aliphatic carbocycles. The molecule has 0 aliphatic heterocycles. The van der Waals surface area contributed by atoms with Crippen molar-refractivity contribution in [1.82, 2.24) is 5.32 Å². The van der Waals surface area contributed by atoms with Crippen LogP contribution in [0.4, 0.5) is 0 Å². The Labute approximate surface area is 117 Å². The summed E-state index contributed by atoms with van der Waals surface area (Å²) in [6.45, 7) is 2.06. The van der Waals surface area contributed by atoms with Crippen molar-refractivity contribution in [3.63, 3.8) is 0 Å². The van der Waals surface area contributed by atoms with E-state index in [0.29, 0.717) is 19.4 Å². The number of hydrogen-bond donors (Lipinski definition) is 2. The monoisotopic (exact) mass is 281 g/mol. The van der Waals surface area contributed by atoms with E-state index in [2.05, 4.69) is 5.32 Å². The molecule has 0 aliphatic rings. The van der Waals surface area contributed by atoms with Gasteiger partial charge < -0.3 is 10.4 Å². The first-order chi connectivity index (χ1) is 9.09. The zero-order chi connectivity index (χ0) is 14.1. The van der Waals surface area contributed by atoms with Gasteiger partial charge in [-0.25, -0.2) is 0 Å². The molecule has 1 amide bonds. The molecule has 1 rings (SSSR count). The minimum atomic E-state index is -0.825. The number of rotatable bonds is 8. The van der Waals surface area contributed by atoms with Gasteiger partial charge in [-0.3, -0.25) is 9.59 Å². The number of nitrogens with one attached hydrogen (secondary N) is 1. The van der Waals surface area contributed by atoms with Crippen molar-refractivity contribution in [2.45, 2.75) is 24.7 Å². The van der Waals surface area contributed by atoms with Gasteiger partial charge in [-0.05, 0) is 18.6 Å². The molecule has 1 aromatic rings. The van der Waals surface area contributed by atoms with Gasteiger partial charge in [0.1, 0.15) is 0 Å². The Morgan fingerprint density at radius 2 is 2.00 bits per heavy atom. The van der Waals surface area contributed by atoms with E-state index in [1.54, 1.807) is 18.7 Å². The third-order valence-electron chi connectivity index (χ3n) is 2.66. The van der Waals surface area contributed by atoms with Crippen molar-refractivity contribution in [2.75, 3.05) is 12.3 Å². The quantitative estimate of drug-likeness (QED) is 0.718. The van der Waals surface area contributed by atoms with E-state index < -0.39 is 11.9 Å². The van der Waals surface area contributed by atoms with Crippen LogP contribution in [0.25, 0.3) is 0 Å². The van der Waals surface area contributed by atoms with E-state index in [1.165, 1.54) is 0 Å². The molecule has 104 valence electrons. The normalized spacial score (nSPS) is 11.8. The van der Waals surface area contributed by atoms with Crippen molar-refractivity contribution in [3.05, 3.63) is 30.3 Å². The lowest BCUT2D eigenvalue weighted by Gasteiger charge is -2.07. The molecule has 0 bridgehead atoms. The average Bonchev–Trinajstić information content (AvgIpc) is 2.39. The van der Waals surface area contributed by atoms with Crippen LogP contribution >= 0.6 is 11.8 Å². The molecule has 0 saturated heterocycles. The largest absolute Gasteiger partial charge is 0.481 e. The van der Waals surface area contributed by atoms with Crippen LogP contribution in [0.3, 0.4) is 0 Å². The highest BCUT2D eigenvalue weighted by atomic mass is 32.2. The predicted octanol–water partition coefficient (Wildman–Crippen LogP) is 2.40. The second-order valence-electron chi connectivity index (χ2n) is 4.29. The van der Waals surface area contributed by atoms with E-state index >= 15 is 0 Å². The Balaban J connectivity index is 2.10. The molecular weight excluding hydrogens is 262 g/mol. The summed E-state index contributed by atoms with van der Waals surface area (Å²) in [7, 11) is 0. The van der Waals surface area contributed by atoms with Gasteiger partial charge in [0.25, 0.3) is 0 Å². The maximum absolute atomic E-state index is 11.5. The Morgan fingerprint density at radius 1 is 1.32 bits per heavy atom. The smallest absolute Gasteiger partial charge is 0.306 e. The van der Waals surface area contributed by atoms with Crippen molar-refractivity contribution < 1.29 is 14.7 Å². The number of carboxylic acids is 1. The Kier molecular flexibility index (Phi) is 7.03. The van der Waals surface area contributed by atoms with Crippen LogP contribution in [0.2, 0.25) is 0 Å². The van der Waals surface area contributed by atoms with Crippen LogP contribution in [0, 0.1) is 5.92 Å². The second kappa shape index (κ2) is 8.58. The van der Waals surface area contributed by atoms with E-state index in [9.17, 15) is 9.59 Å². The van der Waals surface area contributed by atoms with Crippen LogP contribution in [0.5, 0.6) is 0 Å². The van der Waals surface area contributed by atoms with Crippen molar-refractivity contribution >= 4 is 23.6 Å². The zero-order valence-corrected chi connectivity index (χ0v) is 11.8. The van der Waals surface area contributed by atoms with Crippen LogP contribution in [-0.4, -0.2) is 29.3 Å². The lowest BCUT2D eigenvalue weighted by Crippen LogP contribution is -2.27. The fourth-order valence-corrected chi connectivity index (χ4v) is 2.29. The summed E-state index contributed by atoms with van der Waals surface area (Å²) in [5.41, 5.74) is 0. The molecule has 0 radical (unpaired) electrons.